The zero-order chi connectivity index (χ0) is 22.8. The average molecular weight is 443 g/mol. The second-order valence-electron chi connectivity index (χ2n) is 7.60. The molecule has 9 heteroatoms. The molecule has 1 saturated heterocycles. The fourth-order valence-electron chi connectivity index (χ4n) is 3.69. The highest BCUT2D eigenvalue weighted by atomic mass is 16.5. The quantitative estimate of drug-likeness (QED) is 0.470. The van der Waals surface area contributed by atoms with Crippen LogP contribution in [0.15, 0.2) is 48.7 Å². The first-order valence-electron chi connectivity index (χ1n) is 10.7. The molecule has 3 rings (SSSR count). The molecule has 1 aliphatic heterocycles. The highest BCUT2D eigenvalue weighted by Gasteiger charge is 2.31. The van der Waals surface area contributed by atoms with Crippen molar-refractivity contribution in [2.45, 2.75) is 43.9 Å². The van der Waals surface area contributed by atoms with Crippen LogP contribution in [0.5, 0.6) is 5.75 Å². The molecular weight excluding hydrogens is 412 g/mol. The summed E-state index contributed by atoms with van der Waals surface area (Å²) in [6.07, 6.45) is 3.29. The van der Waals surface area contributed by atoms with E-state index in [1.54, 1.807) is 24.4 Å². The number of para-hydroxylation sites is 2. The Hall–Kier alpha value is -3.17. The predicted octanol–water partition coefficient (Wildman–Crippen LogP) is 1.87. The Labute approximate surface area is 187 Å². The first-order valence-corrected chi connectivity index (χ1v) is 10.7. The topological polar surface area (TPSA) is 122 Å². The first kappa shape index (κ1) is 23.5. The molecule has 9 nitrogen and oxygen atoms in total. The zero-order valence-electron chi connectivity index (χ0n) is 18.1. The van der Waals surface area contributed by atoms with Crippen LogP contribution in [0.3, 0.4) is 0 Å². The van der Waals surface area contributed by atoms with E-state index < -0.39 is 6.10 Å². The van der Waals surface area contributed by atoms with E-state index in [0.29, 0.717) is 37.2 Å². The number of ether oxygens (including phenoxy) is 2. The molecule has 0 unspecified atom stereocenters. The third-order valence-electron chi connectivity index (χ3n) is 5.32. The van der Waals surface area contributed by atoms with Crippen molar-refractivity contribution in [1.29, 1.82) is 0 Å². The van der Waals surface area contributed by atoms with Gasteiger partial charge in [-0.25, -0.2) is 4.79 Å². The van der Waals surface area contributed by atoms with Crippen molar-refractivity contribution in [2.24, 2.45) is 0 Å². The second-order valence-corrected chi connectivity index (χ2v) is 7.60. The average Bonchev–Trinajstić information content (AvgIpc) is 2.81. The van der Waals surface area contributed by atoms with Crippen LogP contribution in [0.2, 0.25) is 0 Å². The molecule has 1 aromatic carbocycles. The molecule has 32 heavy (non-hydrogen) atoms. The smallest absolute Gasteiger partial charge is 0.319 e. The minimum absolute atomic E-state index is 0.0919. The number of nitrogens with one attached hydrogen (secondary N) is 3. The van der Waals surface area contributed by atoms with Gasteiger partial charge in [-0.2, -0.15) is 0 Å². The van der Waals surface area contributed by atoms with Gasteiger partial charge < -0.3 is 30.5 Å². The van der Waals surface area contributed by atoms with E-state index in [1.165, 1.54) is 7.11 Å². The van der Waals surface area contributed by atoms with Crippen LogP contribution in [0.4, 0.5) is 10.5 Å². The fourth-order valence-corrected chi connectivity index (χ4v) is 3.69. The molecule has 2 heterocycles. The van der Waals surface area contributed by atoms with E-state index in [1.807, 2.05) is 24.3 Å². The summed E-state index contributed by atoms with van der Waals surface area (Å²) in [5, 5.41) is 18.3. The normalized spacial score (nSPS) is 20.2. The van der Waals surface area contributed by atoms with Crippen LogP contribution in [0.1, 0.15) is 25.0 Å². The second kappa shape index (κ2) is 12.0. The van der Waals surface area contributed by atoms with Crippen molar-refractivity contribution in [2.75, 3.05) is 25.6 Å². The van der Waals surface area contributed by atoms with Crippen LogP contribution in [-0.2, 0) is 16.0 Å². The summed E-state index contributed by atoms with van der Waals surface area (Å²) < 4.78 is 11.2. The number of aliphatic hydroxyl groups excluding tert-OH is 1. The number of amides is 3. The molecule has 0 spiro atoms. The van der Waals surface area contributed by atoms with Gasteiger partial charge in [-0.05, 0) is 43.5 Å². The van der Waals surface area contributed by atoms with Gasteiger partial charge in [-0.3, -0.25) is 9.78 Å². The molecule has 0 saturated carbocycles. The van der Waals surface area contributed by atoms with Gasteiger partial charge in [-0.15, -0.1) is 0 Å². The van der Waals surface area contributed by atoms with E-state index in [9.17, 15) is 14.7 Å². The Morgan fingerprint density at radius 1 is 1.19 bits per heavy atom. The lowest BCUT2D eigenvalue weighted by molar-refractivity contribution is -0.121. The lowest BCUT2D eigenvalue weighted by Gasteiger charge is -2.36. The van der Waals surface area contributed by atoms with Crippen molar-refractivity contribution in [1.82, 2.24) is 15.6 Å². The van der Waals surface area contributed by atoms with Gasteiger partial charge in [0.15, 0.2) is 0 Å². The minimum atomic E-state index is -0.513. The first-order chi connectivity index (χ1) is 15.6. The molecular formula is C23H30N4O5. The molecule has 1 aromatic heterocycles. The monoisotopic (exact) mass is 442 g/mol. The predicted molar refractivity (Wildman–Crippen MR) is 119 cm³/mol. The third-order valence-corrected chi connectivity index (χ3v) is 5.32. The number of carbonyl (C=O) groups excluding carboxylic acids is 2. The number of hydrogen-bond donors (Lipinski definition) is 4. The lowest BCUT2D eigenvalue weighted by atomic mass is 9.97. The molecule has 3 amide bonds. The number of rotatable bonds is 9. The summed E-state index contributed by atoms with van der Waals surface area (Å²) in [5.74, 6) is 0.470. The number of benzene rings is 1. The van der Waals surface area contributed by atoms with Crippen LogP contribution in [0.25, 0.3) is 0 Å². The minimum Gasteiger partial charge on any atom is -0.495 e. The van der Waals surface area contributed by atoms with Gasteiger partial charge in [-0.1, -0.05) is 18.2 Å². The number of methoxy groups -OCH3 is 1. The van der Waals surface area contributed by atoms with Gasteiger partial charge in [0.1, 0.15) is 11.9 Å². The number of anilines is 1. The number of carbonyl (C=O) groups is 2. The van der Waals surface area contributed by atoms with Gasteiger partial charge in [0.05, 0.1) is 38.0 Å². The summed E-state index contributed by atoms with van der Waals surface area (Å²) in [6, 6.07) is 11.9. The number of pyridine rings is 1. The Kier molecular flexibility index (Phi) is 8.82. The standard InChI is InChI=1S/C23H30N4O5/c1-31-20-8-3-2-7-18(20)26-23(30)27-19-10-9-17(32-21(19)15-28)11-13-25-22(29)14-16-6-4-5-12-24-16/h2-8,12,17,19,21,28H,9-11,13-15H2,1H3,(H,25,29)(H2,26,27,30)/t17-,19-,21+/m0/s1. The number of nitrogens with zero attached hydrogens (tertiary/aromatic N) is 1. The Bertz CT molecular complexity index is 880. The van der Waals surface area contributed by atoms with Crippen LogP contribution >= 0.6 is 0 Å². The van der Waals surface area contributed by atoms with Crippen molar-refractivity contribution < 1.29 is 24.2 Å². The third kappa shape index (κ3) is 6.93. The molecule has 4 N–H and O–H groups in total. The van der Waals surface area contributed by atoms with Gasteiger partial charge in [0.25, 0.3) is 0 Å². The van der Waals surface area contributed by atoms with E-state index >= 15 is 0 Å². The SMILES string of the molecule is COc1ccccc1NC(=O)N[C@H]1CC[C@@H](CCNC(=O)Cc2ccccn2)O[C@@H]1CO. The number of urea groups is 1. The number of hydrogen-bond acceptors (Lipinski definition) is 6. The van der Waals surface area contributed by atoms with Crippen molar-refractivity contribution >= 4 is 17.6 Å². The van der Waals surface area contributed by atoms with Crippen molar-refractivity contribution in [3.63, 3.8) is 0 Å². The van der Waals surface area contributed by atoms with Gasteiger partial charge in [0, 0.05) is 18.4 Å². The van der Waals surface area contributed by atoms with Crippen molar-refractivity contribution in [3.05, 3.63) is 54.4 Å². The summed E-state index contributed by atoms with van der Waals surface area (Å²) in [6.45, 7) is 0.267. The maximum atomic E-state index is 12.4. The van der Waals surface area contributed by atoms with E-state index in [4.69, 9.17) is 9.47 Å². The fraction of sp³-hybridized carbons (Fsp3) is 0.435. The Balaban J connectivity index is 1.41. The van der Waals surface area contributed by atoms with Gasteiger partial charge >= 0.3 is 6.03 Å². The summed E-state index contributed by atoms with van der Waals surface area (Å²) in [4.78, 5) is 28.6. The molecule has 0 bridgehead atoms. The number of aliphatic hydroxyl groups is 1. The van der Waals surface area contributed by atoms with E-state index in [0.717, 1.165) is 5.69 Å². The summed E-state index contributed by atoms with van der Waals surface area (Å²) in [7, 11) is 1.54. The zero-order valence-corrected chi connectivity index (χ0v) is 18.1. The van der Waals surface area contributed by atoms with E-state index in [-0.39, 0.29) is 37.1 Å². The lowest BCUT2D eigenvalue weighted by Crippen LogP contribution is -2.52. The van der Waals surface area contributed by atoms with Gasteiger partial charge in [0.2, 0.25) is 5.91 Å². The largest absolute Gasteiger partial charge is 0.495 e. The maximum absolute atomic E-state index is 12.4. The Morgan fingerprint density at radius 3 is 2.75 bits per heavy atom. The molecule has 2 aromatic rings. The molecule has 172 valence electrons. The molecule has 0 radical (unpaired) electrons. The van der Waals surface area contributed by atoms with Crippen LogP contribution < -0.4 is 20.7 Å². The van der Waals surface area contributed by atoms with E-state index in [2.05, 4.69) is 20.9 Å². The summed E-state index contributed by atoms with van der Waals surface area (Å²) in [5.41, 5.74) is 1.28. The molecule has 1 aliphatic rings. The van der Waals surface area contributed by atoms with Crippen LogP contribution in [0, 0.1) is 0 Å². The maximum Gasteiger partial charge on any atom is 0.319 e. The Morgan fingerprint density at radius 2 is 2.00 bits per heavy atom. The summed E-state index contributed by atoms with van der Waals surface area (Å²) >= 11 is 0. The number of aromatic nitrogens is 1. The highest BCUT2D eigenvalue weighted by molar-refractivity contribution is 5.91. The molecule has 0 aliphatic carbocycles. The highest BCUT2D eigenvalue weighted by Crippen LogP contribution is 2.24. The van der Waals surface area contributed by atoms with Crippen LogP contribution in [-0.4, -0.2) is 60.5 Å². The molecule has 3 atom stereocenters. The van der Waals surface area contributed by atoms with Crippen molar-refractivity contribution in [3.8, 4) is 5.75 Å². The molecule has 1 fully saturated rings.